The van der Waals surface area contributed by atoms with E-state index >= 15 is 0 Å². The average Bonchev–Trinajstić information content (AvgIpc) is 2.80. The van der Waals surface area contributed by atoms with Crippen LogP contribution in [0.3, 0.4) is 0 Å². The molecule has 0 fully saturated rings. The maximum absolute atomic E-state index is 10.9. The fourth-order valence-corrected chi connectivity index (χ4v) is 2.15. The number of thiophene rings is 1. The molecule has 0 unspecified atom stereocenters. The molecule has 1 heterocycles. The summed E-state index contributed by atoms with van der Waals surface area (Å²) in [6.07, 6.45) is 0. The van der Waals surface area contributed by atoms with Crippen molar-refractivity contribution in [3.8, 4) is 0 Å². The molecule has 1 aromatic carbocycles. The number of rotatable bonds is 4. The predicted octanol–water partition coefficient (Wildman–Crippen LogP) is 2.64. The third kappa shape index (κ3) is 2.57. The van der Waals surface area contributed by atoms with Crippen molar-refractivity contribution in [3.63, 3.8) is 0 Å². The van der Waals surface area contributed by atoms with E-state index < -0.39 is 5.97 Å². The maximum atomic E-state index is 10.9. The van der Waals surface area contributed by atoms with Crippen LogP contribution >= 0.6 is 11.3 Å². The van der Waals surface area contributed by atoms with E-state index in [4.69, 9.17) is 10.8 Å². The van der Waals surface area contributed by atoms with E-state index in [0.717, 1.165) is 0 Å². The molecule has 0 amide bonds. The number of carbonyl (C=O) groups is 1. The number of aromatic carboxylic acids is 1. The molecule has 5 heteroatoms. The molecule has 0 atom stereocenters. The highest BCUT2D eigenvalue weighted by atomic mass is 32.1. The Morgan fingerprint density at radius 3 is 2.82 bits per heavy atom. The average molecular weight is 248 g/mol. The first-order valence-corrected chi connectivity index (χ1v) is 5.94. The van der Waals surface area contributed by atoms with Crippen LogP contribution in [0, 0.1) is 0 Å². The molecule has 1 aromatic heterocycles. The van der Waals surface area contributed by atoms with Crippen molar-refractivity contribution in [1.29, 1.82) is 0 Å². The summed E-state index contributed by atoms with van der Waals surface area (Å²) in [4.78, 5) is 12.1. The van der Waals surface area contributed by atoms with Crippen LogP contribution in [0.25, 0.3) is 0 Å². The van der Waals surface area contributed by atoms with Crippen molar-refractivity contribution in [3.05, 3.63) is 46.2 Å². The Kier molecular flexibility index (Phi) is 3.30. The van der Waals surface area contributed by atoms with Gasteiger partial charge in [-0.25, -0.2) is 4.79 Å². The van der Waals surface area contributed by atoms with E-state index in [1.54, 1.807) is 23.5 Å². The minimum absolute atomic E-state index is 0.126. The molecule has 0 aliphatic rings. The zero-order chi connectivity index (χ0) is 12.3. The number of benzene rings is 1. The Morgan fingerprint density at radius 1 is 1.35 bits per heavy atom. The molecule has 4 N–H and O–H groups in total. The van der Waals surface area contributed by atoms with Crippen molar-refractivity contribution >= 4 is 28.7 Å². The number of para-hydroxylation sites is 1. The molecule has 88 valence electrons. The lowest BCUT2D eigenvalue weighted by Crippen LogP contribution is -2.07. The number of nitrogens with one attached hydrogen (secondary N) is 1. The fraction of sp³-hybridized carbons (Fsp3) is 0.0833. The number of carboxylic acids is 1. The molecule has 0 radical (unpaired) electrons. The Balaban J connectivity index is 2.16. The fourth-order valence-electron chi connectivity index (χ4n) is 1.50. The smallest absolute Gasteiger partial charge is 0.337 e. The maximum Gasteiger partial charge on any atom is 0.337 e. The summed E-state index contributed by atoms with van der Waals surface area (Å²) < 4.78 is 0. The first kappa shape index (κ1) is 11.5. The van der Waals surface area contributed by atoms with Crippen LogP contribution in [0.4, 0.5) is 11.4 Å². The normalized spacial score (nSPS) is 10.1. The van der Waals surface area contributed by atoms with Gasteiger partial charge >= 0.3 is 5.97 Å². The Hall–Kier alpha value is -2.01. The number of nitrogens with two attached hydrogens (primary N) is 1. The van der Waals surface area contributed by atoms with Gasteiger partial charge in [0.15, 0.2) is 0 Å². The van der Waals surface area contributed by atoms with Crippen LogP contribution in [0.2, 0.25) is 0 Å². The van der Waals surface area contributed by atoms with Crippen molar-refractivity contribution in [2.24, 2.45) is 0 Å². The van der Waals surface area contributed by atoms with E-state index in [1.165, 1.54) is 10.9 Å². The topological polar surface area (TPSA) is 75.3 Å². The molecular weight excluding hydrogens is 236 g/mol. The predicted molar refractivity (Wildman–Crippen MR) is 69.5 cm³/mol. The van der Waals surface area contributed by atoms with Gasteiger partial charge in [0, 0.05) is 11.4 Å². The summed E-state index contributed by atoms with van der Waals surface area (Å²) in [5.41, 5.74) is 6.84. The van der Waals surface area contributed by atoms with Gasteiger partial charge in [0.1, 0.15) is 0 Å². The van der Waals surface area contributed by atoms with E-state index in [-0.39, 0.29) is 11.3 Å². The molecule has 0 saturated heterocycles. The van der Waals surface area contributed by atoms with Gasteiger partial charge in [-0.2, -0.15) is 0 Å². The van der Waals surface area contributed by atoms with Gasteiger partial charge < -0.3 is 16.2 Å². The first-order chi connectivity index (χ1) is 8.18. The third-order valence-corrected chi connectivity index (χ3v) is 3.25. The first-order valence-electron chi connectivity index (χ1n) is 5.06. The molecule has 0 saturated carbocycles. The summed E-state index contributed by atoms with van der Waals surface area (Å²) in [7, 11) is 0. The molecule has 0 bridgehead atoms. The van der Waals surface area contributed by atoms with Gasteiger partial charge in [0.2, 0.25) is 0 Å². The highest BCUT2D eigenvalue weighted by Crippen LogP contribution is 2.23. The van der Waals surface area contributed by atoms with Crippen molar-refractivity contribution in [2.45, 2.75) is 6.54 Å². The molecule has 0 aliphatic heterocycles. The van der Waals surface area contributed by atoms with Crippen LogP contribution in [-0.2, 0) is 6.54 Å². The lowest BCUT2D eigenvalue weighted by Gasteiger charge is -2.10. The quantitative estimate of drug-likeness (QED) is 0.727. The van der Waals surface area contributed by atoms with Crippen molar-refractivity contribution < 1.29 is 9.90 Å². The summed E-state index contributed by atoms with van der Waals surface area (Å²) in [6, 6.07) is 8.92. The number of hydrogen-bond acceptors (Lipinski definition) is 4. The zero-order valence-electron chi connectivity index (χ0n) is 9.01. The van der Waals surface area contributed by atoms with Crippen LogP contribution < -0.4 is 11.1 Å². The van der Waals surface area contributed by atoms with E-state index in [2.05, 4.69) is 5.32 Å². The highest BCUT2D eigenvalue weighted by Gasteiger charge is 2.10. The van der Waals surface area contributed by atoms with E-state index in [9.17, 15) is 4.79 Å². The minimum atomic E-state index is -1.01. The number of anilines is 2. The Morgan fingerprint density at radius 2 is 2.18 bits per heavy atom. The lowest BCUT2D eigenvalue weighted by molar-refractivity contribution is 0.0698. The molecule has 0 spiro atoms. The van der Waals surface area contributed by atoms with Gasteiger partial charge in [-0.15, -0.1) is 11.3 Å². The van der Waals surface area contributed by atoms with Gasteiger partial charge in [0.25, 0.3) is 0 Å². The second kappa shape index (κ2) is 4.88. The van der Waals surface area contributed by atoms with Crippen LogP contribution in [0.15, 0.2) is 35.7 Å². The van der Waals surface area contributed by atoms with Crippen LogP contribution in [0.1, 0.15) is 15.2 Å². The highest BCUT2D eigenvalue weighted by molar-refractivity contribution is 7.09. The number of nitrogen functional groups attached to an aromatic ring is 1. The summed E-state index contributed by atoms with van der Waals surface area (Å²) in [5, 5.41) is 14.1. The van der Waals surface area contributed by atoms with E-state index in [0.29, 0.717) is 12.2 Å². The van der Waals surface area contributed by atoms with Crippen molar-refractivity contribution in [1.82, 2.24) is 0 Å². The molecule has 17 heavy (non-hydrogen) atoms. The lowest BCUT2D eigenvalue weighted by atomic mass is 10.1. The van der Waals surface area contributed by atoms with Crippen molar-refractivity contribution in [2.75, 3.05) is 11.1 Å². The molecule has 0 aliphatic carbocycles. The van der Waals surface area contributed by atoms with Crippen LogP contribution in [0.5, 0.6) is 0 Å². The standard InChI is InChI=1S/C12H12N2O2S/c13-11-9(12(15)16)4-1-5-10(11)14-7-8-3-2-6-17-8/h1-6,14H,7,13H2,(H,15,16). The number of hydrogen-bond donors (Lipinski definition) is 3. The van der Waals surface area contributed by atoms with Crippen LogP contribution in [-0.4, -0.2) is 11.1 Å². The van der Waals surface area contributed by atoms with Gasteiger partial charge in [0.05, 0.1) is 16.9 Å². The molecule has 2 rings (SSSR count). The SMILES string of the molecule is Nc1c(NCc2cccs2)cccc1C(=O)O. The Bertz CT molecular complexity index is 523. The number of carboxylic acid groups (broad SMARTS) is 1. The van der Waals surface area contributed by atoms with Gasteiger partial charge in [-0.05, 0) is 23.6 Å². The Labute approximate surface area is 103 Å². The minimum Gasteiger partial charge on any atom is -0.478 e. The molecular formula is C12H12N2O2S. The van der Waals surface area contributed by atoms with E-state index in [1.807, 2.05) is 17.5 Å². The summed E-state index contributed by atoms with van der Waals surface area (Å²) >= 11 is 1.64. The third-order valence-electron chi connectivity index (χ3n) is 2.37. The van der Waals surface area contributed by atoms with Gasteiger partial charge in [-0.3, -0.25) is 0 Å². The monoisotopic (exact) mass is 248 g/mol. The second-order valence-corrected chi connectivity index (χ2v) is 4.54. The molecule has 4 nitrogen and oxygen atoms in total. The summed E-state index contributed by atoms with van der Waals surface area (Å²) in [5.74, 6) is -1.01. The van der Waals surface area contributed by atoms with Gasteiger partial charge in [-0.1, -0.05) is 12.1 Å². The second-order valence-electron chi connectivity index (χ2n) is 3.50. The summed E-state index contributed by atoms with van der Waals surface area (Å²) in [6.45, 7) is 0.644. The largest absolute Gasteiger partial charge is 0.478 e. The molecule has 2 aromatic rings. The zero-order valence-corrected chi connectivity index (χ0v) is 9.83.